The van der Waals surface area contributed by atoms with E-state index in [-0.39, 0.29) is 12.5 Å². The molecule has 0 unspecified atom stereocenters. The molecule has 0 spiro atoms. The Labute approximate surface area is 131 Å². The molecule has 9 heteroatoms. The van der Waals surface area contributed by atoms with Crippen LogP contribution in [0.2, 0.25) is 5.02 Å². The summed E-state index contributed by atoms with van der Waals surface area (Å²) in [4.78, 5) is 11.6. The maximum absolute atomic E-state index is 11.6. The number of nitrogens with one attached hydrogen (secondary N) is 1. The number of aromatic nitrogens is 4. The Morgan fingerprint density at radius 2 is 2.19 bits per heavy atom. The van der Waals surface area contributed by atoms with E-state index in [1.807, 2.05) is 0 Å². The van der Waals surface area contributed by atoms with E-state index in [1.54, 1.807) is 36.0 Å². The van der Waals surface area contributed by atoms with Gasteiger partial charge in [0.1, 0.15) is 5.75 Å². The highest BCUT2D eigenvalue weighted by Gasteiger charge is 2.05. The average Bonchev–Trinajstić information content (AvgIpc) is 2.88. The van der Waals surface area contributed by atoms with E-state index in [4.69, 9.17) is 16.3 Å². The van der Waals surface area contributed by atoms with Crippen LogP contribution in [0.3, 0.4) is 0 Å². The van der Waals surface area contributed by atoms with Crippen LogP contribution < -0.4 is 10.1 Å². The van der Waals surface area contributed by atoms with E-state index in [0.29, 0.717) is 28.2 Å². The molecular formula is C12H14ClN5O2S. The minimum absolute atomic E-state index is 0.0299. The molecule has 7 nitrogen and oxygen atoms in total. The van der Waals surface area contributed by atoms with Crippen LogP contribution in [0.25, 0.3) is 0 Å². The highest BCUT2D eigenvalue weighted by Crippen LogP contribution is 2.15. The van der Waals surface area contributed by atoms with E-state index in [1.165, 1.54) is 11.8 Å². The molecule has 112 valence electrons. The molecular weight excluding hydrogens is 314 g/mol. The molecule has 0 fully saturated rings. The number of benzene rings is 1. The van der Waals surface area contributed by atoms with Gasteiger partial charge in [-0.1, -0.05) is 23.4 Å². The summed E-state index contributed by atoms with van der Waals surface area (Å²) in [5.41, 5.74) is 0. The number of hydrogen-bond acceptors (Lipinski definition) is 6. The van der Waals surface area contributed by atoms with E-state index in [9.17, 15) is 4.79 Å². The summed E-state index contributed by atoms with van der Waals surface area (Å²) in [6, 6.07) is 6.85. The molecule has 1 heterocycles. The fourth-order valence-electron chi connectivity index (χ4n) is 1.41. The van der Waals surface area contributed by atoms with Crippen LogP contribution in [0.4, 0.5) is 0 Å². The molecule has 2 aromatic rings. The molecule has 1 amide bonds. The zero-order valence-electron chi connectivity index (χ0n) is 11.3. The van der Waals surface area contributed by atoms with Gasteiger partial charge < -0.3 is 10.1 Å². The molecule has 1 aromatic heterocycles. The van der Waals surface area contributed by atoms with Crippen LogP contribution in [0, 0.1) is 0 Å². The monoisotopic (exact) mass is 327 g/mol. The lowest BCUT2D eigenvalue weighted by atomic mass is 10.3. The molecule has 0 aliphatic rings. The van der Waals surface area contributed by atoms with Crippen molar-refractivity contribution in [1.82, 2.24) is 25.5 Å². The third-order valence-electron chi connectivity index (χ3n) is 2.42. The quantitative estimate of drug-likeness (QED) is 0.607. The summed E-state index contributed by atoms with van der Waals surface area (Å²) in [6.45, 7) is 0.484. The Bertz CT molecular complexity index is 590. The van der Waals surface area contributed by atoms with E-state index in [2.05, 4.69) is 20.8 Å². The Balaban J connectivity index is 1.61. The van der Waals surface area contributed by atoms with Crippen molar-refractivity contribution in [3.05, 3.63) is 29.3 Å². The van der Waals surface area contributed by atoms with Gasteiger partial charge in [0, 0.05) is 24.4 Å². The van der Waals surface area contributed by atoms with E-state index >= 15 is 0 Å². The molecule has 0 aliphatic carbocycles. The molecule has 1 N–H and O–H groups in total. The Kier molecular flexibility index (Phi) is 5.82. The second-order valence-corrected chi connectivity index (χ2v) is 5.52. The Hall–Kier alpha value is -1.80. The third-order valence-corrected chi connectivity index (χ3v) is 3.68. The van der Waals surface area contributed by atoms with Crippen molar-refractivity contribution >= 4 is 29.3 Å². The predicted molar refractivity (Wildman–Crippen MR) is 79.5 cm³/mol. The van der Waals surface area contributed by atoms with Crippen LogP contribution >= 0.6 is 23.4 Å². The minimum Gasteiger partial charge on any atom is -0.484 e. The number of aryl methyl sites for hydroxylation is 1. The molecule has 2 rings (SSSR count). The lowest BCUT2D eigenvalue weighted by Gasteiger charge is -2.07. The molecule has 0 saturated heterocycles. The highest BCUT2D eigenvalue weighted by molar-refractivity contribution is 7.99. The minimum atomic E-state index is -0.179. The first-order valence-electron chi connectivity index (χ1n) is 6.15. The number of tetrazole rings is 1. The number of carbonyl (C=O) groups excluding carboxylic acids is 1. The molecule has 0 aliphatic heterocycles. The molecule has 21 heavy (non-hydrogen) atoms. The molecule has 0 atom stereocenters. The third kappa shape index (κ3) is 5.24. The van der Waals surface area contributed by atoms with Crippen LogP contribution in [0.5, 0.6) is 5.75 Å². The van der Waals surface area contributed by atoms with Gasteiger partial charge >= 0.3 is 0 Å². The molecule has 1 aromatic carbocycles. The van der Waals surface area contributed by atoms with Crippen molar-refractivity contribution in [3.63, 3.8) is 0 Å². The molecule has 0 bridgehead atoms. The van der Waals surface area contributed by atoms with Gasteiger partial charge in [-0.25, -0.2) is 4.68 Å². The fourth-order valence-corrected chi connectivity index (χ4v) is 2.24. The van der Waals surface area contributed by atoms with Gasteiger partial charge in [-0.15, -0.1) is 5.10 Å². The summed E-state index contributed by atoms with van der Waals surface area (Å²) in [5.74, 6) is 1.11. The van der Waals surface area contributed by atoms with Gasteiger partial charge in [0.2, 0.25) is 5.16 Å². The van der Waals surface area contributed by atoms with Crippen LogP contribution in [-0.2, 0) is 11.8 Å². The molecule has 0 saturated carbocycles. The maximum atomic E-state index is 11.6. The largest absolute Gasteiger partial charge is 0.484 e. The number of hydrogen-bond donors (Lipinski definition) is 1. The molecule has 0 radical (unpaired) electrons. The van der Waals surface area contributed by atoms with Gasteiger partial charge in [0.15, 0.2) is 6.61 Å². The van der Waals surface area contributed by atoms with Crippen molar-refractivity contribution in [1.29, 1.82) is 0 Å². The number of amides is 1. The zero-order chi connectivity index (χ0) is 15.1. The average molecular weight is 328 g/mol. The van der Waals surface area contributed by atoms with E-state index in [0.717, 1.165) is 0 Å². The van der Waals surface area contributed by atoms with Gasteiger partial charge in [-0.2, -0.15) is 0 Å². The number of nitrogens with zero attached hydrogens (tertiary/aromatic N) is 4. The first kappa shape index (κ1) is 15.6. The Morgan fingerprint density at radius 1 is 1.43 bits per heavy atom. The van der Waals surface area contributed by atoms with Crippen LogP contribution in [0.15, 0.2) is 29.4 Å². The summed E-state index contributed by atoms with van der Waals surface area (Å²) < 4.78 is 6.91. The number of carbonyl (C=O) groups is 1. The second kappa shape index (κ2) is 7.84. The number of halogens is 1. The van der Waals surface area contributed by atoms with Crippen molar-refractivity contribution in [3.8, 4) is 5.75 Å². The lowest BCUT2D eigenvalue weighted by Crippen LogP contribution is -2.30. The number of rotatable bonds is 7. The van der Waals surface area contributed by atoms with Crippen molar-refractivity contribution in [2.75, 3.05) is 18.9 Å². The maximum Gasteiger partial charge on any atom is 0.257 e. The summed E-state index contributed by atoms with van der Waals surface area (Å²) >= 11 is 7.23. The first-order chi connectivity index (χ1) is 10.1. The number of ether oxygens (including phenoxy) is 1. The summed E-state index contributed by atoms with van der Waals surface area (Å²) in [5, 5.41) is 15.2. The predicted octanol–water partition coefficient (Wildman–Crippen LogP) is 1.15. The Morgan fingerprint density at radius 3 is 2.86 bits per heavy atom. The smallest absolute Gasteiger partial charge is 0.257 e. The van der Waals surface area contributed by atoms with Crippen molar-refractivity contribution in [2.24, 2.45) is 7.05 Å². The van der Waals surface area contributed by atoms with Crippen LogP contribution in [-0.4, -0.2) is 45.0 Å². The van der Waals surface area contributed by atoms with Crippen molar-refractivity contribution in [2.45, 2.75) is 5.16 Å². The topological polar surface area (TPSA) is 81.9 Å². The summed E-state index contributed by atoms with van der Waals surface area (Å²) in [7, 11) is 1.76. The van der Waals surface area contributed by atoms with Gasteiger partial charge in [0.05, 0.1) is 0 Å². The lowest BCUT2D eigenvalue weighted by molar-refractivity contribution is -0.122. The fraction of sp³-hybridized carbons (Fsp3) is 0.333. The highest BCUT2D eigenvalue weighted by atomic mass is 35.5. The first-order valence-corrected chi connectivity index (χ1v) is 7.52. The van der Waals surface area contributed by atoms with Crippen molar-refractivity contribution < 1.29 is 9.53 Å². The standard InChI is InChI=1S/C12H14ClN5O2S/c1-18-12(15-16-17-18)21-7-6-14-11(19)8-20-10-4-2-9(13)3-5-10/h2-5H,6-8H2,1H3,(H,14,19). The van der Waals surface area contributed by atoms with E-state index < -0.39 is 0 Å². The van der Waals surface area contributed by atoms with Crippen LogP contribution in [0.1, 0.15) is 0 Å². The SMILES string of the molecule is Cn1nnnc1SCCNC(=O)COc1ccc(Cl)cc1. The summed E-state index contributed by atoms with van der Waals surface area (Å²) in [6.07, 6.45) is 0. The number of thioether (sulfide) groups is 1. The zero-order valence-corrected chi connectivity index (χ0v) is 12.9. The van der Waals surface area contributed by atoms with Gasteiger partial charge in [-0.3, -0.25) is 4.79 Å². The van der Waals surface area contributed by atoms with Gasteiger partial charge in [-0.05, 0) is 34.7 Å². The normalized spacial score (nSPS) is 10.4. The second-order valence-electron chi connectivity index (χ2n) is 4.03. The van der Waals surface area contributed by atoms with Gasteiger partial charge in [0.25, 0.3) is 5.91 Å².